The molecule has 30 valence electrons. The van der Waals surface area contributed by atoms with Crippen LogP contribution in [-0.2, 0) is 50.2 Å². The molecule has 0 saturated carbocycles. The van der Waals surface area contributed by atoms with Crippen molar-refractivity contribution in [1.82, 2.24) is 0 Å². The van der Waals surface area contributed by atoms with Crippen LogP contribution in [0, 0.1) is 0 Å². The Morgan fingerprint density at radius 2 is 0.600 bits per heavy atom. The van der Waals surface area contributed by atoms with Crippen LogP contribution in [0.4, 0.5) is 0 Å². The summed E-state index contributed by atoms with van der Waals surface area (Å²) in [6.45, 7) is 0. The minimum atomic E-state index is 0. The monoisotopic (exact) mass is 496 g/mol. The molecule has 0 aliphatic heterocycles. The van der Waals surface area contributed by atoms with Crippen molar-refractivity contribution in [2.24, 2.45) is 0 Å². The predicted molar refractivity (Wildman–Crippen MR) is 0.686 cm³/mol. The molecule has 0 aliphatic carbocycles. The van der Waals surface area contributed by atoms with Crippen molar-refractivity contribution in [1.29, 1.82) is 0 Å². The van der Waals surface area contributed by atoms with E-state index in [1.54, 1.807) is 0 Å². The van der Waals surface area contributed by atoms with E-state index in [9.17, 15) is 0 Å². The van der Waals surface area contributed by atoms with Crippen LogP contribution in [0.5, 0.6) is 0 Å². The van der Waals surface area contributed by atoms with Gasteiger partial charge in [0.1, 0.15) is 0 Å². The van der Waals surface area contributed by atoms with Gasteiger partial charge in [-0.1, -0.05) is 0 Å². The SMILES string of the molecule is [Ag].[Ag].[Cs+].[Cs+].[O-2]. The minimum absolute atomic E-state index is 0. The topological polar surface area (TPSA) is 28.5 Å². The molecule has 0 unspecified atom stereocenters. The molecule has 0 aromatic carbocycles. The first kappa shape index (κ1) is 31.2. The van der Waals surface area contributed by atoms with Gasteiger partial charge < -0.3 is 5.48 Å². The Morgan fingerprint density at radius 1 is 0.600 bits per heavy atom. The maximum absolute atomic E-state index is 0. The molecular formula is Ag2Cs2O. The second-order valence-electron chi connectivity index (χ2n) is 0. The molecule has 0 N–H and O–H groups in total. The van der Waals surface area contributed by atoms with E-state index < -0.39 is 0 Å². The molecule has 0 atom stereocenters. The van der Waals surface area contributed by atoms with E-state index in [1.807, 2.05) is 0 Å². The minimum Gasteiger partial charge on any atom is -2.00 e. The van der Waals surface area contributed by atoms with Crippen LogP contribution in [0.25, 0.3) is 0 Å². The van der Waals surface area contributed by atoms with E-state index >= 15 is 0 Å². The molecule has 0 amide bonds. The molecule has 0 heterocycles. The van der Waals surface area contributed by atoms with Gasteiger partial charge in [0.15, 0.2) is 0 Å². The van der Waals surface area contributed by atoms with Crippen molar-refractivity contribution in [3.63, 3.8) is 0 Å². The first-order valence-corrected chi connectivity index (χ1v) is 0. The van der Waals surface area contributed by atoms with Crippen LogP contribution in [0.15, 0.2) is 0 Å². The fourth-order valence-corrected chi connectivity index (χ4v) is 0. The average molecular weight is 498 g/mol. The van der Waals surface area contributed by atoms with Crippen molar-refractivity contribution in [2.45, 2.75) is 0 Å². The van der Waals surface area contributed by atoms with Crippen LogP contribution >= 0.6 is 0 Å². The largest absolute Gasteiger partial charge is 2.00 e. The van der Waals surface area contributed by atoms with Gasteiger partial charge in [-0.2, -0.15) is 0 Å². The molecule has 0 spiro atoms. The molecule has 0 bridgehead atoms. The Kier molecular flexibility index (Phi) is 142. The summed E-state index contributed by atoms with van der Waals surface area (Å²) in [6, 6.07) is 0. The molecule has 1 nitrogen and oxygen atoms in total. The second-order valence-corrected chi connectivity index (χ2v) is 0. The fourth-order valence-electron chi connectivity index (χ4n) is 0. The quantitative estimate of drug-likeness (QED) is 0.298. The fraction of sp³-hybridized carbons (Fsp3) is 0. The van der Waals surface area contributed by atoms with Crippen LogP contribution in [0.3, 0.4) is 0 Å². The van der Waals surface area contributed by atoms with Gasteiger partial charge in [-0.15, -0.1) is 0 Å². The van der Waals surface area contributed by atoms with Gasteiger partial charge in [-0.25, -0.2) is 0 Å². The van der Waals surface area contributed by atoms with E-state index in [1.165, 1.54) is 0 Å². The summed E-state index contributed by atoms with van der Waals surface area (Å²) in [5.74, 6) is 0. The number of rotatable bonds is 0. The zero-order valence-corrected chi connectivity index (χ0v) is 18.5. The van der Waals surface area contributed by atoms with Crippen molar-refractivity contribution in [2.75, 3.05) is 0 Å². The normalized spacial score (nSPS) is 0. The zero-order valence-electron chi connectivity index (χ0n) is 3.01. The van der Waals surface area contributed by atoms with Gasteiger partial charge in [0, 0.05) is 44.8 Å². The summed E-state index contributed by atoms with van der Waals surface area (Å²) < 4.78 is 0. The first-order chi connectivity index (χ1) is 0. The van der Waals surface area contributed by atoms with Crippen molar-refractivity contribution >= 4 is 0 Å². The summed E-state index contributed by atoms with van der Waals surface area (Å²) in [4.78, 5) is 0. The zero-order chi connectivity index (χ0) is 0. The van der Waals surface area contributed by atoms with Crippen LogP contribution in [0.1, 0.15) is 0 Å². The van der Waals surface area contributed by atoms with Crippen LogP contribution < -0.4 is 138 Å². The van der Waals surface area contributed by atoms with Gasteiger partial charge in [0.05, 0.1) is 0 Å². The maximum atomic E-state index is 0. The van der Waals surface area contributed by atoms with Crippen LogP contribution in [0.2, 0.25) is 0 Å². The van der Waals surface area contributed by atoms with E-state index in [-0.39, 0.29) is 188 Å². The predicted octanol–water partition coefficient (Wildman–Crippen LogP) is -6.12. The second kappa shape index (κ2) is 22.7. The van der Waals surface area contributed by atoms with Crippen LogP contribution in [-0.4, -0.2) is 0 Å². The average Bonchev–Trinajstić information content (AvgIpc) is 0. The molecular weight excluding hydrogens is 498 g/mol. The Labute approximate surface area is 181 Å². The summed E-state index contributed by atoms with van der Waals surface area (Å²) in [5.41, 5.74) is 0. The standard InChI is InChI=1S/2Ag.2Cs.O/q;;2*+1;-2. The Bertz CT molecular complexity index is 7.61. The van der Waals surface area contributed by atoms with E-state index in [0.29, 0.717) is 0 Å². The summed E-state index contributed by atoms with van der Waals surface area (Å²) in [7, 11) is 0. The smallest absolute Gasteiger partial charge is 1.00 e. The third-order valence-electron chi connectivity index (χ3n) is 0. The maximum Gasteiger partial charge on any atom is 1.00 e. The molecule has 0 aromatic heterocycles. The van der Waals surface area contributed by atoms with Crippen molar-refractivity contribution < 1.29 is 188 Å². The van der Waals surface area contributed by atoms with Gasteiger partial charge in [-0.3, -0.25) is 0 Å². The molecule has 5 heavy (non-hydrogen) atoms. The summed E-state index contributed by atoms with van der Waals surface area (Å²) in [5, 5.41) is 0. The molecule has 0 aromatic rings. The van der Waals surface area contributed by atoms with Crippen molar-refractivity contribution in [3.8, 4) is 0 Å². The van der Waals surface area contributed by atoms with E-state index in [2.05, 4.69) is 0 Å². The molecule has 2 radical (unpaired) electrons. The van der Waals surface area contributed by atoms with Gasteiger partial charge in [-0.05, 0) is 0 Å². The Balaban J connectivity index is 0. The van der Waals surface area contributed by atoms with Crippen molar-refractivity contribution in [3.05, 3.63) is 0 Å². The molecule has 0 saturated heterocycles. The van der Waals surface area contributed by atoms with Gasteiger partial charge >= 0.3 is 138 Å². The molecule has 0 fully saturated rings. The van der Waals surface area contributed by atoms with Gasteiger partial charge in [0.2, 0.25) is 0 Å². The third kappa shape index (κ3) is 17.7. The Hall–Kier alpha value is 5.54. The number of hydrogen-bond donors (Lipinski definition) is 0. The summed E-state index contributed by atoms with van der Waals surface area (Å²) >= 11 is 0. The van der Waals surface area contributed by atoms with Gasteiger partial charge in [0.25, 0.3) is 0 Å². The molecule has 0 aliphatic rings. The van der Waals surface area contributed by atoms with E-state index in [4.69, 9.17) is 0 Å². The first-order valence-electron chi connectivity index (χ1n) is 0. The number of hydrogen-bond acceptors (Lipinski definition) is 0. The molecule has 5 heteroatoms. The third-order valence-corrected chi connectivity index (χ3v) is 0. The summed E-state index contributed by atoms with van der Waals surface area (Å²) in [6.07, 6.45) is 0. The Morgan fingerprint density at radius 3 is 0.600 bits per heavy atom. The molecule has 0 rings (SSSR count). The van der Waals surface area contributed by atoms with E-state index in [0.717, 1.165) is 0 Å².